The summed E-state index contributed by atoms with van der Waals surface area (Å²) in [6, 6.07) is 5.36. The number of aliphatic hydroxyl groups is 1. The predicted octanol–water partition coefficient (Wildman–Crippen LogP) is 3.95. The standard InChI is InChI=1S/C23H26F4N4O4/c1-5-31(14-33)21(13-32)29-30(3)19-12-20(35-15(2)23(25,26)27)17(11-18(19)24)9-8-16-7-6-10-28-22(16)34-4/h6-12,14-15,32H,5,13H2,1-4H3/b9-8+,29-21-/t15-/m0/s1. The van der Waals surface area contributed by atoms with Crippen molar-refractivity contribution in [2.75, 3.05) is 32.3 Å². The SMILES string of the molecule is CCN(C=O)/C(CO)=N\N(C)c1cc(O[C@@H](C)C(F)(F)F)c(/C=C/c2cccnc2OC)cc1F. The highest BCUT2D eigenvalue weighted by molar-refractivity contribution is 5.92. The molecule has 0 unspecified atom stereocenters. The first-order valence-corrected chi connectivity index (χ1v) is 10.4. The van der Waals surface area contributed by atoms with E-state index in [1.54, 1.807) is 19.1 Å². The summed E-state index contributed by atoms with van der Waals surface area (Å²) in [7, 11) is 2.73. The van der Waals surface area contributed by atoms with Crippen LogP contribution in [0.15, 0.2) is 35.6 Å². The number of carbonyl (C=O) groups is 1. The zero-order valence-electron chi connectivity index (χ0n) is 19.6. The zero-order chi connectivity index (χ0) is 26.2. The summed E-state index contributed by atoms with van der Waals surface area (Å²) >= 11 is 0. The lowest BCUT2D eigenvalue weighted by atomic mass is 10.1. The molecule has 12 heteroatoms. The summed E-state index contributed by atoms with van der Waals surface area (Å²) in [5.41, 5.74) is 0.298. The molecule has 190 valence electrons. The number of ether oxygens (including phenoxy) is 2. The number of hydrogen-bond donors (Lipinski definition) is 1. The number of rotatable bonds is 10. The van der Waals surface area contributed by atoms with Crippen molar-refractivity contribution in [3.63, 3.8) is 0 Å². The number of pyridine rings is 1. The van der Waals surface area contributed by atoms with Crippen LogP contribution < -0.4 is 14.5 Å². The molecular formula is C23H26F4N4O4. The van der Waals surface area contributed by atoms with Gasteiger partial charge in [0, 0.05) is 37.0 Å². The molecule has 0 fully saturated rings. The lowest BCUT2D eigenvalue weighted by Crippen LogP contribution is -2.34. The van der Waals surface area contributed by atoms with Gasteiger partial charge in [0.15, 0.2) is 11.9 Å². The minimum absolute atomic E-state index is 0.0242. The fraction of sp³-hybridized carbons (Fsp3) is 0.348. The van der Waals surface area contributed by atoms with E-state index in [0.717, 1.165) is 29.0 Å². The normalized spacial score (nSPS) is 13.0. The van der Waals surface area contributed by atoms with E-state index in [1.807, 2.05) is 0 Å². The number of likely N-dealkylation sites (N-methyl/N-ethyl adjacent to an activating group) is 1. The number of halogens is 4. The number of carbonyl (C=O) groups excluding carboxylic acids is 1. The van der Waals surface area contributed by atoms with E-state index in [-0.39, 0.29) is 35.3 Å². The molecule has 0 bridgehead atoms. The molecule has 35 heavy (non-hydrogen) atoms. The van der Waals surface area contributed by atoms with Crippen molar-refractivity contribution in [3.05, 3.63) is 47.4 Å². The third kappa shape index (κ3) is 7.15. The number of nitrogens with zero attached hydrogens (tertiary/aromatic N) is 4. The molecule has 1 amide bonds. The summed E-state index contributed by atoms with van der Waals surface area (Å²) in [6.07, 6.45) is -2.03. The van der Waals surface area contributed by atoms with Crippen LogP contribution in [-0.2, 0) is 4.79 Å². The number of amides is 1. The lowest BCUT2D eigenvalue weighted by molar-refractivity contribution is -0.189. The summed E-state index contributed by atoms with van der Waals surface area (Å²) < 4.78 is 64.9. The first-order valence-electron chi connectivity index (χ1n) is 10.4. The lowest BCUT2D eigenvalue weighted by Gasteiger charge is -2.23. The van der Waals surface area contributed by atoms with Crippen molar-refractivity contribution in [3.8, 4) is 11.6 Å². The smallest absolute Gasteiger partial charge is 0.425 e. The van der Waals surface area contributed by atoms with Gasteiger partial charge >= 0.3 is 6.18 Å². The number of alkyl halides is 3. The maximum absolute atomic E-state index is 15.0. The largest absolute Gasteiger partial charge is 0.481 e. The van der Waals surface area contributed by atoms with Gasteiger partial charge < -0.3 is 14.6 Å². The molecule has 2 aromatic rings. The van der Waals surface area contributed by atoms with Crippen molar-refractivity contribution in [2.45, 2.75) is 26.1 Å². The molecular weight excluding hydrogens is 472 g/mol. The monoisotopic (exact) mass is 498 g/mol. The Balaban J connectivity index is 2.56. The molecule has 1 aromatic heterocycles. The third-order valence-corrected chi connectivity index (χ3v) is 4.84. The highest BCUT2D eigenvalue weighted by atomic mass is 19.4. The minimum atomic E-state index is -4.66. The molecule has 0 saturated carbocycles. The van der Waals surface area contributed by atoms with Crippen molar-refractivity contribution in [2.24, 2.45) is 5.10 Å². The molecule has 1 atom stereocenters. The average molecular weight is 498 g/mol. The summed E-state index contributed by atoms with van der Waals surface area (Å²) in [6.45, 7) is 2.04. The molecule has 0 radical (unpaired) electrons. The van der Waals surface area contributed by atoms with Crippen molar-refractivity contribution in [1.82, 2.24) is 9.88 Å². The second-order valence-corrected chi connectivity index (χ2v) is 7.17. The van der Waals surface area contributed by atoms with Crippen LogP contribution in [0.1, 0.15) is 25.0 Å². The van der Waals surface area contributed by atoms with E-state index >= 15 is 4.39 Å². The fourth-order valence-electron chi connectivity index (χ4n) is 2.90. The van der Waals surface area contributed by atoms with E-state index in [4.69, 9.17) is 9.47 Å². The van der Waals surface area contributed by atoms with E-state index < -0.39 is 24.7 Å². The van der Waals surface area contributed by atoms with Gasteiger partial charge in [-0.3, -0.25) is 14.7 Å². The highest BCUT2D eigenvalue weighted by Crippen LogP contribution is 2.34. The van der Waals surface area contributed by atoms with E-state index in [1.165, 1.54) is 32.5 Å². The number of amidine groups is 1. The Hall–Kier alpha value is -3.67. The Morgan fingerprint density at radius 1 is 1.29 bits per heavy atom. The maximum Gasteiger partial charge on any atom is 0.425 e. The Kier molecular flexibility index (Phi) is 9.58. The van der Waals surface area contributed by atoms with Gasteiger partial charge in [-0.15, -0.1) is 0 Å². The van der Waals surface area contributed by atoms with Crippen LogP contribution in [0, 0.1) is 5.82 Å². The van der Waals surface area contributed by atoms with Crippen LogP contribution in [0.2, 0.25) is 0 Å². The fourth-order valence-corrected chi connectivity index (χ4v) is 2.90. The van der Waals surface area contributed by atoms with E-state index in [0.29, 0.717) is 12.0 Å². The van der Waals surface area contributed by atoms with Crippen LogP contribution in [0.3, 0.4) is 0 Å². The first kappa shape index (κ1) is 27.6. The number of aliphatic hydroxyl groups excluding tert-OH is 1. The topological polar surface area (TPSA) is 87.5 Å². The second-order valence-electron chi connectivity index (χ2n) is 7.17. The van der Waals surface area contributed by atoms with Gasteiger partial charge in [0.2, 0.25) is 12.3 Å². The Morgan fingerprint density at radius 3 is 2.54 bits per heavy atom. The summed E-state index contributed by atoms with van der Waals surface area (Å²) in [4.78, 5) is 16.3. The number of methoxy groups -OCH3 is 1. The molecule has 1 aromatic carbocycles. The molecule has 0 saturated heterocycles. The van der Waals surface area contributed by atoms with Crippen LogP contribution in [0.25, 0.3) is 12.2 Å². The minimum Gasteiger partial charge on any atom is -0.481 e. The Morgan fingerprint density at radius 2 is 1.97 bits per heavy atom. The van der Waals surface area contributed by atoms with Crippen molar-refractivity contribution < 1.29 is 36.9 Å². The van der Waals surface area contributed by atoms with Gasteiger partial charge in [-0.2, -0.15) is 18.3 Å². The molecule has 0 aliphatic rings. The molecule has 0 aliphatic carbocycles. The molecule has 2 rings (SSSR count). The highest BCUT2D eigenvalue weighted by Gasteiger charge is 2.38. The third-order valence-electron chi connectivity index (χ3n) is 4.84. The summed E-state index contributed by atoms with van der Waals surface area (Å²) in [5.74, 6) is -0.899. The van der Waals surface area contributed by atoms with Crippen LogP contribution >= 0.6 is 0 Å². The number of aromatic nitrogens is 1. The van der Waals surface area contributed by atoms with Gasteiger partial charge in [-0.1, -0.05) is 6.08 Å². The molecule has 0 spiro atoms. The predicted molar refractivity (Wildman–Crippen MR) is 124 cm³/mol. The van der Waals surface area contributed by atoms with Gasteiger partial charge in [0.05, 0.1) is 12.8 Å². The Bertz CT molecular complexity index is 1080. The molecule has 1 N–H and O–H groups in total. The quantitative estimate of drug-likeness (QED) is 0.176. The second kappa shape index (κ2) is 12.2. The number of benzene rings is 1. The van der Waals surface area contributed by atoms with Gasteiger partial charge in [-0.05, 0) is 38.1 Å². The van der Waals surface area contributed by atoms with Gasteiger partial charge in [0.25, 0.3) is 0 Å². The molecule has 8 nitrogen and oxygen atoms in total. The average Bonchev–Trinajstić information content (AvgIpc) is 2.83. The zero-order valence-corrected chi connectivity index (χ0v) is 19.6. The van der Waals surface area contributed by atoms with Crippen LogP contribution in [-0.4, -0.2) is 66.8 Å². The summed E-state index contributed by atoms with van der Waals surface area (Å²) in [5, 5.41) is 14.5. The first-order chi connectivity index (χ1) is 16.5. The molecule has 0 aliphatic heterocycles. The van der Waals surface area contributed by atoms with Crippen LogP contribution in [0.5, 0.6) is 11.6 Å². The number of anilines is 1. The van der Waals surface area contributed by atoms with E-state index in [2.05, 4.69) is 10.1 Å². The number of hydrazone groups is 1. The van der Waals surface area contributed by atoms with Crippen molar-refractivity contribution >= 4 is 30.1 Å². The Labute approximate surface area is 200 Å². The number of hydrogen-bond acceptors (Lipinski definition) is 7. The van der Waals surface area contributed by atoms with Gasteiger partial charge in [-0.25, -0.2) is 9.37 Å². The van der Waals surface area contributed by atoms with Crippen LogP contribution in [0.4, 0.5) is 23.2 Å². The van der Waals surface area contributed by atoms with Crippen molar-refractivity contribution in [1.29, 1.82) is 0 Å². The van der Waals surface area contributed by atoms with Gasteiger partial charge in [0.1, 0.15) is 18.2 Å². The maximum atomic E-state index is 15.0. The van der Waals surface area contributed by atoms with E-state index in [9.17, 15) is 23.1 Å². The molecule has 1 heterocycles.